The van der Waals surface area contributed by atoms with E-state index in [2.05, 4.69) is 4.74 Å². The molecular formula is C13H15F3O3. The lowest BCUT2D eigenvalue weighted by molar-refractivity contribution is -0.179. The van der Waals surface area contributed by atoms with Crippen LogP contribution in [0.1, 0.15) is 23.7 Å². The Balaban J connectivity index is 1.94. The lowest BCUT2D eigenvalue weighted by Gasteiger charge is -2.19. The van der Waals surface area contributed by atoms with E-state index < -0.39 is 18.9 Å². The van der Waals surface area contributed by atoms with Crippen LogP contribution in [0.3, 0.4) is 0 Å². The number of hydrogen-bond donors (Lipinski definition) is 1. The van der Waals surface area contributed by atoms with Crippen molar-refractivity contribution in [1.82, 2.24) is 0 Å². The maximum atomic E-state index is 11.9. The van der Waals surface area contributed by atoms with Crippen molar-refractivity contribution in [2.45, 2.75) is 25.1 Å². The monoisotopic (exact) mass is 276 g/mol. The first-order valence-electron chi connectivity index (χ1n) is 6.04. The molecular weight excluding hydrogens is 261 g/mol. The van der Waals surface area contributed by atoms with Gasteiger partial charge in [-0.15, -0.1) is 0 Å². The summed E-state index contributed by atoms with van der Waals surface area (Å²) in [5.74, 6) is 0.776. The van der Waals surface area contributed by atoms with Crippen molar-refractivity contribution in [3.05, 3.63) is 29.3 Å². The van der Waals surface area contributed by atoms with Gasteiger partial charge in [0.05, 0.1) is 13.2 Å². The van der Waals surface area contributed by atoms with Gasteiger partial charge in [0, 0.05) is 0 Å². The Morgan fingerprint density at radius 1 is 1.37 bits per heavy atom. The second-order valence-corrected chi connectivity index (χ2v) is 4.47. The number of fused-ring (bicyclic) bond motifs is 1. The largest absolute Gasteiger partial charge is 0.493 e. The Labute approximate surface area is 108 Å². The molecule has 0 amide bonds. The second kappa shape index (κ2) is 5.79. The van der Waals surface area contributed by atoms with E-state index in [9.17, 15) is 18.3 Å². The highest BCUT2D eigenvalue weighted by Crippen LogP contribution is 2.28. The predicted octanol–water partition coefficient (Wildman–Crippen LogP) is 2.62. The van der Waals surface area contributed by atoms with Crippen molar-refractivity contribution in [3.8, 4) is 5.75 Å². The van der Waals surface area contributed by atoms with E-state index in [1.807, 2.05) is 0 Å². The van der Waals surface area contributed by atoms with Gasteiger partial charge in [0.1, 0.15) is 18.5 Å². The molecule has 0 aliphatic carbocycles. The van der Waals surface area contributed by atoms with E-state index in [0.29, 0.717) is 12.2 Å². The van der Waals surface area contributed by atoms with Gasteiger partial charge in [-0.3, -0.25) is 0 Å². The molecule has 0 bridgehead atoms. The summed E-state index contributed by atoms with van der Waals surface area (Å²) >= 11 is 0. The average molecular weight is 276 g/mol. The minimum Gasteiger partial charge on any atom is -0.493 e. The van der Waals surface area contributed by atoms with Crippen LogP contribution in [0.2, 0.25) is 0 Å². The average Bonchev–Trinajstić information content (AvgIpc) is 2.36. The molecule has 0 fully saturated rings. The first kappa shape index (κ1) is 14.1. The normalized spacial score (nSPS) is 16.6. The molecule has 1 unspecified atom stereocenters. The molecule has 19 heavy (non-hydrogen) atoms. The summed E-state index contributed by atoms with van der Waals surface area (Å²) in [4.78, 5) is 0. The van der Waals surface area contributed by atoms with Crippen LogP contribution in [0, 0.1) is 0 Å². The van der Waals surface area contributed by atoms with E-state index in [1.54, 1.807) is 18.2 Å². The first-order valence-corrected chi connectivity index (χ1v) is 6.04. The van der Waals surface area contributed by atoms with Gasteiger partial charge >= 0.3 is 6.18 Å². The maximum absolute atomic E-state index is 11.9. The van der Waals surface area contributed by atoms with Crippen molar-refractivity contribution in [2.24, 2.45) is 0 Å². The molecule has 106 valence electrons. The number of benzene rings is 1. The fourth-order valence-corrected chi connectivity index (χ4v) is 1.97. The lowest BCUT2D eigenvalue weighted by atomic mass is 10.0. The van der Waals surface area contributed by atoms with Gasteiger partial charge in [-0.05, 0) is 36.1 Å². The van der Waals surface area contributed by atoms with Crippen molar-refractivity contribution in [2.75, 3.05) is 19.8 Å². The third kappa shape index (κ3) is 4.11. The third-order valence-electron chi connectivity index (χ3n) is 2.86. The highest BCUT2D eigenvalue weighted by atomic mass is 19.4. The van der Waals surface area contributed by atoms with E-state index >= 15 is 0 Å². The molecule has 0 saturated heterocycles. The molecule has 3 nitrogen and oxygen atoms in total. The molecule has 1 atom stereocenters. The Bertz CT molecular complexity index is 432. The van der Waals surface area contributed by atoms with Crippen LogP contribution in [-0.2, 0) is 11.2 Å². The Hall–Kier alpha value is -1.27. The van der Waals surface area contributed by atoms with Gasteiger partial charge < -0.3 is 14.6 Å². The zero-order valence-corrected chi connectivity index (χ0v) is 10.2. The minimum atomic E-state index is -4.37. The van der Waals surface area contributed by atoms with Crippen LogP contribution in [0.25, 0.3) is 0 Å². The standard InChI is InChI=1S/C13H15F3O3/c14-13(15,16)8-18-7-11(17)9-3-4-12-10(6-9)2-1-5-19-12/h3-4,6,11,17H,1-2,5,7-8H2. The summed E-state index contributed by atoms with van der Waals surface area (Å²) in [6, 6.07) is 5.14. The van der Waals surface area contributed by atoms with Crippen molar-refractivity contribution in [3.63, 3.8) is 0 Å². The molecule has 0 spiro atoms. The number of alkyl halides is 3. The minimum absolute atomic E-state index is 0.376. The quantitative estimate of drug-likeness (QED) is 0.918. The SMILES string of the molecule is OC(COCC(F)(F)F)c1ccc2c(c1)CCCO2. The number of aliphatic hydroxyl groups excluding tert-OH is 1. The summed E-state index contributed by atoms with van der Waals surface area (Å²) in [6.45, 7) is -1.05. The Morgan fingerprint density at radius 2 is 2.16 bits per heavy atom. The van der Waals surface area contributed by atoms with Crippen LogP contribution in [0.4, 0.5) is 13.2 Å². The molecule has 0 saturated carbocycles. The van der Waals surface area contributed by atoms with Crippen LogP contribution in [0.5, 0.6) is 5.75 Å². The van der Waals surface area contributed by atoms with E-state index in [-0.39, 0.29) is 6.61 Å². The smallest absolute Gasteiger partial charge is 0.411 e. The molecule has 1 aliphatic rings. The summed E-state index contributed by atoms with van der Waals surface area (Å²) in [7, 11) is 0. The molecule has 1 aromatic carbocycles. The van der Waals surface area contributed by atoms with E-state index in [1.165, 1.54) is 0 Å². The molecule has 0 aromatic heterocycles. The topological polar surface area (TPSA) is 38.7 Å². The Morgan fingerprint density at radius 3 is 2.89 bits per heavy atom. The zero-order valence-electron chi connectivity index (χ0n) is 10.2. The summed E-state index contributed by atoms with van der Waals surface area (Å²) < 4.78 is 45.6. The van der Waals surface area contributed by atoms with Crippen molar-refractivity contribution < 1.29 is 27.8 Å². The van der Waals surface area contributed by atoms with Crippen LogP contribution in [0.15, 0.2) is 18.2 Å². The molecule has 1 aromatic rings. The van der Waals surface area contributed by atoms with Crippen LogP contribution in [-0.4, -0.2) is 31.1 Å². The predicted molar refractivity (Wildman–Crippen MR) is 62.1 cm³/mol. The molecule has 2 rings (SSSR count). The van der Waals surface area contributed by atoms with Crippen molar-refractivity contribution >= 4 is 0 Å². The van der Waals surface area contributed by atoms with Gasteiger partial charge in [-0.25, -0.2) is 0 Å². The molecule has 0 radical (unpaired) electrons. The number of aliphatic hydroxyl groups is 1. The maximum Gasteiger partial charge on any atom is 0.411 e. The molecule has 6 heteroatoms. The van der Waals surface area contributed by atoms with Crippen LogP contribution >= 0.6 is 0 Å². The lowest BCUT2D eigenvalue weighted by Crippen LogP contribution is -2.19. The number of rotatable bonds is 4. The summed E-state index contributed by atoms with van der Waals surface area (Å²) in [5, 5.41) is 9.79. The van der Waals surface area contributed by atoms with Gasteiger partial charge in [-0.1, -0.05) is 6.07 Å². The van der Waals surface area contributed by atoms with Gasteiger partial charge in [-0.2, -0.15) is 13.2 Å². The van der Waals surface area contributed by atoms with Gasteiger partial charge in [0.2, 0.25) is 0 Å². The third-order valence-corrected chi connectivity index (χ3v) is 2.86. The Kier molecular flexibility index (Phi) is 4.31. The highest BCUT2D eigenvalue weighted by Gasteiger charge is 2.28. The number of aryl methyl sites for hydroxylation is 1. The second-order valence-electron chi connectivity index (χ2n) is 4.47. The zero-order chi connectivity index (χ0) is 13.9. The highest BCUT2D eigenvalue weighted by molar-refractivity contribution is 5.39. The number of ether oxygens (including phenoxy) is 2. The fourth-order valence-electron chi connectivity index (χ4n) is 1.97. The van der Waals surface area contributed by atoms with Crippen LogP contribution < -0.4 is 4.74 Å². The number of halogens is 3. The summed E-state index contributed by atoms with van der Waals surface area (Å²) in [5.41, 5.74) is 1.52. The first-order chi connectivity index (χ1) is 8.96. The molecule has 1 aliphatic heterocycles. The summed E-state index contributed by atoms with van der Waals surface area (Å²) in [6.07, 6.45) is -3.69. The van der Waals surface area contributed by atoms with Gasteiger partial charge in [0.15, 0.2) is 0 Å². The fraction of sp³-hybridized carbons (Fsp3) is 0.538. The molecule has 1 heterocycles. The van der Waals surface area contributed by atoms with Crippen molar-refractivity contribution in [1.29, 1.82) is 0 Å². The van der Waals surface area contributed by atoms with Gasteiger partial charge in [0.25, 0.3) is 0 Å². The number of hydrogen-bond acceptors (Lipinski definition) is 3. The molecule has 1 N–H and O–H groups in total. The van der Waals surface area contributed by atoms with E-state index in [0.717, 1.165) is 24.2 Å². The van der Waals surface area contributed by atoms with E-state index in [4.69, 9.17) is 4.74 Å².